The molecular formula is C30H40FN3O4S. The van der Waals surface area contributed by atoms with Crippen LogP contribution < -0.4 is 4.74 Å². The Kier molecular flexibility index (Phi) is 10.8. The summed E-state index contributed by atoms with van der Waals surface area (Å²) < 4.78 is 24.8. The number of hydrogen-bond acceptors (Lipinski definition) is 5. The van der Waals surface area contributed by atoms with Crippen molar-refractivity contribution >= 4 is 28.9 Å². The Hall–Kier alpha value is -3.07. The molecule has 0 radical (unpaired) electrons. The Morgan fingerprint density at radius 2 is 1.69 bits per heavy atom. The quantitative estimate of drug-likeness (QED) is 0.281. The number of carbonyl (C=O) groups excluding carboxylic acids is 2. The second-order valence-corrected chi connectivity index (χ2v) is 11.9. The minimum Gasteiger partial charge on any atom is -0.493 e. The van der Waals surface area contributed by atoms with Crippen molar-refractivity contribution in [1.82, 2.24) is 9.80 Å². The van der Waals surface area contributed by atoms with Crippen LogP contribution in [0.2, 0.25) is 0 Å². The van der Waals surface area contributed by atoms with Crippen LogP contribution in [0.4, 0.5) is 9.18 Å². The van der Waals surface area contributed by atoms with Crippen LogP contribution in [0.5, 0.6) is 5.75 Å². The van der Waals surface area contributed by atoms with Crippen molar-refractivity contribution in [3.05, 3.63) is 65.5 Å². The first-order valence-corrected chi connectivity index (χ1v) is 14.6. The molecule has 3 rings (SSSR count). The Balaban J connectivity index is 1.79. The zero-order chi connectivity index (χ0) is 28.6. The van der Waals surface area contributed by atoms with Crippen LogP contribution >= 0.6 is 11.8 Å². The van der Waals surface area contributed by atoms with E-state index in [0.29, 0.717) is 61.5 Å². The molecule has 1 fully saturated rings. The van der Waals surface area contributed by atoms with Crippen molar-refractivity contribution in [2.45, 2.75) is 65.6 Å². The lowest BCUT2D eigenvalue weighted by Gasteiger charge is -2.40. The van der Waals surface area contributed by atoms with E-state index in [1.807, 2.05) is 27.0 Å². The number of thioether (sulfide) groups is 1. The summed E-state index contributed by atoms with van der Waals surface area (Å²) in [5.74, 6) is 0.475. The SMILES string of the molecule is CS/C(=N\C(=O)c1ccc(OCC(C)C)cc1)N(Cc1ccc(F)cc1)C1CCN(C(=O)OC(C)(C)C)CC1. The molecule has 0 N–H and O–H groups in total. The van der Waals surface area contributed by atoms with Gasteiger partial charge in [0.15, 0.2) is 5.17 Å². The van der Waals surface area contributed by atoms with E-state index in [1.54, 1.807) is 41.3 Å². The highest BCUT2D eigenvalue weighted by molar-refractivity contribution is 8.13. The van der Waals surface area contributed by atoms with Gasteiger partial charge in [0.05, 0.1) is 6.61 Å². The smallest absolute Gasteiger partial charge is 0.410 e. The van der Waals surface area contributed by atoms with E-state index in [-0.39, 0.29) is 23.9 Å². The van der Waals surface area contributed by atoms with E-state index in [0.717, 1.165) is 5.56 Å². The largest absolute Gasteiger partial charge is 0.493 e. The topological polar surface area (TPSA) is 71.4 Å². The van der Waals surface area contributed by atoms with Crippen LogP contribution in [-0.2, 0) is 11.3 Å². The number of carbonyl (C=O) groups is 2. The highest BCUT2D eigenvalue weighted by atomic mass is 32.2. The van der Waals surface area contributed by atoms with Crippen LogP contribution in [0.25, 0.3) is 0 Å². The standard InChI is InChI=1S/C30H40FN3O4S/c1-21(2)20-37-26-13-9-23(10-14-26)27(35)32-28(39-6)34(19-22-7-11-24(31)12-8-22)25-15-17-33(18-16-25)29(36)38-30(3,4)5/h7-14,21,25H,15-20H2,1-6H3/b32-28-. The van der Waals surface area contributed by atoms with E-state index in [2.05, 4.69) is 23.7 Å². The van der Waals surface area contributed by atoms with E-state index < -0.39 is 5.60 Å². The van der Waals surface area contributed by atoms with Gasteiger partial charge < -0.3 is 19.3 Å². The normalized spacial score (nSPS) is 14.9. The Morgan fingerprint density at radius 1 is 1.08 bits per heavy atom. The number of likely N-dealkylation sites (tertiary alicyclic amines) is 1. The summed E-state index contributed by atoms with van der Waals surface area (Å²) in [6.45, 7) is 11.9. The van der Waals surface area contributed by atoms with Crippen LogP contribution in [0.15, 0.2) is 53.5 Å². The average molecular weight is 558 g/mol. The van der Waals surface area contributed by atoms with Gasteiger partial charge in [0.1, 0.15) is 17.2 Å². The summed E-state index contributed by atoms with van der Waals surface area (Å²) in [4.78, 5) is 34.1. The van der Waals surface area contributed by atoms with Crippen molar-refractivity contribution in [2.24, 2.45) is 10.9 Å². The van der Waals surface area contributed by atoms with E-state index in [9.17, 15) is 14.0 Å². The molecule has 1 heterocycles. The maximum atomic E-state index is 13.6. The molecule has 0 bridgehead atoms. The lowest BCUT2D eigenvalue weighted by molar-refractivity contribution is 0.0172. The maximum absolute atomic E-state index is 13.6. The van der Waals surface area contributed by atoms with Crippen molar-refractivity contribution in [2.75, 3.05) is 26.0 Å². The molecular weight excluding hydrogens is 517 g/mol. The number of rotatable bonds is 7. The average Bonchev–Trinajstić information content (AvgIpc) is 2.89. The molecule has 7 nitrogen and oxygen atoms in total. The Labute approximate surface area is 235 Å². The van der Waals surface area contributed by atoms with Gasteiger partial charge >= 0.3 is 6.09 Å². The van der Waals surface area contributed by atoms with Crippen LogP contribution in [0, 0.1) is 11.7 Å². The van der Waals surface area contributed by atoms with Gasteiger partial charge in [0.25, 0.3) is 5.91 Å². The molecule has 1 aliphatic heterocycles. The summed E-state index contributed by atoms with van der Waals surface area (Å²) >= 11 is 1.40. The first-order valence-electron chi connectivity index (χ1n) is 13.3. The molecule has 0 unspecified atom stereocenters. The van der Waals surface area contributed by atoms with Gasteiger partial charge in [-0.05, 0) is 87.7 Å². The number of amides is 2. The zero-order valence-electron chi connectivity index (χ0n) is 23.8. The van der Waals surface area contributed by atoms with Gasteiger partial charge in [-0.1, -0.05) is 37.7 Å². The zero-order valence-corrected chi connectivity index (χ0v) is 24.6. The first kappa shape index (κ1) is 30.5. The predicted molar refractivity (Wildman–Crippen MR) is 155 cm³/mol. The number of aliphatic imine (C=N–C) groups is 1. The number of benzene rings is 2. The number of ether oxygens (including phenoxy) is 2. The van der Waals surface area contributed by atoms with Gasteiger partial charge in [-0.3, -0.25) is 4.79 Å². The maximum Gasteiger partial charge on any atom is 0.410 e. The third-order valence-electron chi connectivity index (χ3n) is 6.13. The second kappa shape index (κ2) is 13.8. The highest BCUT2D eigenvalue weighted by Crippen LogP contribution is 2.25. The minimum absolute atomic E-state index is 0.0412. The minimum atomic E-state index is -0.555. The van der Waals surface area contributed by atoms with Crippen molar-refractivity contribution in [3.8, 4) is 5.75 Å². The summed E-state index contributed by atoms with van der Waals surface area (Å²) in [5, 5.41) is 0.583. The van der Waals surface area contributed by atoms with Crippen LogP contribution in [-0.4, -0.2) is 64.6 Å². The lowest BCUT2D eigenvalue weighted by atomic mass is 10.0. The van der Waals surface area contributed by atoms with E-state index in [4.69, 9.17) is 9.47 Å². The fourth-order valence-electron chi connectivity index (χ4n) is 4.16. The van der Waals surface area contributed by atoms with Crippen LogP contribution in [0.3, 0.4) is 0 Å². The van der Waals surface area contributed by atoms with E-state index >= 15 is 0 Å². The molecule has 2 aromatic rings. The van der Waals surface area contributed by atoms with Crippen LogP contribution in [0.1, 0.15) is 63.4 Å². The molecule has 2 aromatic carbocycles. The molecule has 2 amide bonds. The van der Waals surface area contributed by atoms with Gasteiger partial charge in [0.2, 0.25) is 0 Å². The van der Waals surface area contributed by atoms with Gasteiger partial charge in [0, 0.05) is 31.2 Å². The molecule has 9 heteroatoms. The number of piperidine rings is 1. The van der Waals surface area contributed by atoms with Gasteiger partial charge in [-0.25, -0.2) is 9.18 Å². The summed E-state index contributed by atoms with van der Waals surface area (Å²) in [6, 6.07) is 13.4. The van der Waals surface area contributed by atoms with Crippen molar-refractivity contribution in [3.63, 3.8) is 0 Å². The third kappa shape index (κ3) is 9.56. The molecule has 0 spiro atoms. The molecule has 1 aliphatic rings. The molecule has 1 saturated heterocycles. The second-order valence-electron chi connectivity index (χ2n) is 11.1. The van der Waals surface area contributed by atoms with Gasteiger partial charge in [-0.2, -0.15) is 4.99 Å². The van der Waals surface area contributed by atoms with Crippen molar-refractivity contribution in [1.29, 1.82) is 0 Å². The predicted octanol–water partition coefficient (Wildman–Crippen LogP) is 6.62. The fourth-order valence-corrected chi connectivity index (χ4v) is 4.78. The number of amidine groups is 1. The number of hydrogen-bond donors (Lipinski definition) is 0. The Bertz CT molecular complexity index is 1120. The molecule has 0 aromatic heterocycles. The summed E-state index contributed by atoms with van der Waals surface area (Å²) in [6.07, 6.45) is 2.95. The Morgan fingerprint density at radius 3 is 2.23 bits per heavy atom. The first-order chi connectivity index (χ1) is 18.4. The molecule has 212 valence electrons. The summed E-state index contributed by atoms with van der Waals surface area (Å²) in [5.41, 5.74) is 0.826. The molecule has 39 heavy (non-hydrogen) atoms. The highest BCUT2D eigenvalue weighted by Gasteiger charge is 2.31. The number of nitrogens with zero attached hydrogens (tertiary/aromatic N) is 3. The molecule has 0 aliphatic carbocycles. The van der Waals surface area contributed by atoms with E-state index in [1.165, 1.54) is 23.9 Å². The molecule has 0 saturated carbocycles. The fraction of sp³-hybridized carbons (Fsp3) is 0.500. The molecule has 0 atom stereocenters. The van der Waals surface area contributed by atoms with Crippen molar-refractivity contribution < 1.29 is 23.5 Å². The summed E-state index contributed by atoms with van der Waals surface area (Å²) in [7, 11) is 0. The number of halogens is 1. The van der Waals surface area contributed by atoms with Gasteiger partial charge in [-0.15, -0.1) is 0 Å². The monoisotopic (exact) mass is 557 g/mol. The third-order valence-corrected chi connectivity index (χ3v) is 6.82. The lowest BCUT2D eigenvalue weighted by Crippen LogP contribution is -2.49.